The Labute approximate surface area is 211 Å². The zero-order valence-electron chi connectivity index (χ0n) is 18.1. The number of aromatic nitrogens is 1. The number of rotatable bonds is 6. The number of hydrogen-bond acceptors (Lipinski definition) is 5. The summed E-state index contributed by atoms with van der Waals surface area (Å²) in [5, 5.41) is 2.43. The van der Waals surface area contributed by atoms with Gasteiger partial charge in [0.05, 0.1) is 28.7 Å². The Morgan fingerprint density at radius 1 is 1.14 bits per heavy atom. The van der Waals surface area contributed by atoms with Gasteiger partial charge in [0.2, 0.25) is 5.91 Å². The first kappa shape index (κ1) is 26.5. The maximum atomic E-state index is 14.2. The Morgan fingerprint density at radius 3 is 2.44 bits per heavy atom. The second-order valence-electron chi connectivity index (χ2n) is 8.01. The first-order chi connectivity index (χ1) is 16.8. The van der Waals surface area contributed by atoms with E-state index in [4.69, 9.17) is 11.6 Å². The Hall–Kier alpha value is -2.61. The van der Waals surface area contributed by atoms with E-state index < -0.39 is 52.6 Å². The smallest absolute Gasteiger partial charge is 0.349 e. The number of benzene rings is 1. The Kier molecular flexibility index (Phi) is 7.12. The third-order valence-electron chi connectivity index (χ3n) is 5.45. The van der Waals surface area contributed by atoms with E-state index in [1.807, 2.05) is 0 Å². The predicted octanol–water partition coefficient (Wildman–Crippen LogP) is 5.20. The third kappa shape index (κ3) is 5.69. The fourth-order valence-electron chi connectivity index (χ4n) is 3.72. The number of sulfonamides is 1. The van der Waals surface area contributed by atoms with Gasteiger partial charge >= 0.3 is 6.18 Å². The zero-order chi connectivity index (χ0) is 26.3. The van der Waals surface area contributed by atoms with E-state index in [9.17, 15) is 35.2 Å². The molecule has 1 N–H and O–H groups in total. The van der Waals surface area contributed by atoms with Crippen LogP contribution >= 0.6 is 22.9 Å². The molecule has 6 nitrogen and oxygen atoms in total. The highest BCUT2D eigenvalue weighted by molar-refractivity contribution is 7.91. The van der Waals surface area contributed by atoms with Crippen molar-refractivity contribution in [2.75, 3.05) is 6.54 Å². The molecule has 1 fully saturated rings. The molecule has 1 saturated heterocycles. The molecule has 2 aromatic heterocycles. The number of nitrogens with one attached hydrogen (secondary N) is 1. The number of amides is 1. The number of halogens is 6. The molecule has 0 aliphatic carbocycles. The van der Waals surface area contributed by atoms with Gasteiger partial charge in [-0.1, -0.05) is 23.7 Å². The summed E-state index contributed by atoms with van der Waals surface area (Å²) < 4.78 is 92.9. The van der Waals surface area contributed by atoms with Crippen LogP contribution in [0.15, 0.2) is 58.9 Å². The van der Waals surface area contributed by atoms with Gasteiger partial charge in [-0.3, -0.25) is 9.78 Å². The summed E-state index contributed by atoms with van der Waals surface area (Å²) in [5.74, 6) is -4.34. The van der Waals surface area contributed by atoms with Crippen LogP contribution in [0.5, 0.6) is 0 Å². The van der Waals surface area contributed by atoms with E-state index >= 15 is 0 Å². The summed E-state index contributed by atoms with van der Waals surface area (Å²) >= 11 is 6.48. The van der Waals surface area contributed by atoms with Gasteiger partial charge < -0.3 is 5.32 Å². The Balaban J connectivity index is 1.49. The minimum atomic E-state index is -4.47. The highest BCUT2D eigenvalue weighted by atomic mass is 35.5. The standard InChI is InChI=1S/C22H17ClF5N3O3S2/c23-18-5-6-19(35-18)36(33,34)31-12-21(24,25)10-17(31)20(32)30-11-16-9-14(7-8-29-16)13-1-3-15(4-2-13)22(26,27)28/h1-9,17H,10-12H2,(H,30,32). The van der Waals surface area contributed by atoms with Crippen molar-refractivity contribution in [3.63, 3.8) is 0 Å². The van der Waals surface area contributed by atoms with Crippen LogP contribution in [-0.2, 0) is 27.5 Å². The van der Waals surface area contributed by atoms with Crippen LogP contribution in [0, 0.1) is 0 Å². The molecule has 4 rings (SSSR count). The van der Waals surface area contributed by atoms with Crippen molar-refractivity contribution in [1.29, 1.82) is 0 Å². The van der Waals surface area contributed by atoms with Crippen LogP contribution in [0.2, 0.25) is 4.34 Å². The molecular formula is C22H17ClF5N3O3S2. The van der Waals surface area contributed by atoms with Crippen LogP contribution in [0.4, 0.5) is 22.0 Å². The summed E-state index contributed by atoms with van der Waals surface area (Å²) in [6.45, 7) is -1.36. The summed E-state index contributed by atoms with van der Waals surface area (Å²) in [6, 6.07) is 8.40. The summed E-state index contributed by atoms with van der Waals surface area (Å²) in [4.78, 5) is 16.9. The number of alkyl halides is 5. The molecule has 0 saturated carbocycles. The topological polar surface area (TPSA) is 79.4 Å². The number of carbonyl (C=O) groups excluding carboxylic acids is 1. The van der Waals surface area contributed by atoms with Gasteiger partial charge in [0.25, 0.3) is 15.9 Å². The summed E-state index contributed by atoms with van der Waals surface area (Å²) in [6.07, 6.45) is -4.08. The lowest BCUT2D eigenvalue weighted by molar-refractivity contribution is -0.137. The molecule has 3 heterocycles. The maximum absolute atomic E-state index is 14.2. The van der Waals surface area contributed by atoms with E-state index in [1.54, 1.807) is 6.07 Å². The molecular weight excluding hydrogens is 549 g/mol. The van der Waals surface area contributed by atoms with Crippen LogP contribution < -0.4 is 5.32 Å². The van der Waals surface area contributed by atoms with Gasteiger partial charge in [-0.2, -0.15) is 17.5 Å². The van der Waals surface area contributed by atoms with E-state index in [-0.39, 0.29) is 15.1 Å². The minimum Gasteiger partial charge on any atom is -0.349 e. The molecule has 1 aromatic carbocycles. The average Bonchev–Trinajstić information content (AvgIpc) is 3.40. The van der Waals surface area contributed by atoms with E-state index in [2.05, 4.69) is 10.3 Å². The van der Waals surface area contributed by atoms with Gasteiger partial charge in [0.15, 0.2) is 0 Å². The van der Waals surface area contributed by atoms with Gasteiger partial charge in [0, 0.05) is 12.6 Å². The third-order valence-corrected chi connectivity index (χ3v) is 9.00. The summed E-state index contributed by atoms with van der Waals surface area (Å²) in [5.41, 5.74) is 0.491. The van der Waals surface area contributed by atoms with Crippen molar-refractivity contribution in [2.24, 2.45) is 0 Å². The van der Waals surface area contributed by atoms with Gasteiger partial charge in [-0.05, 0) is 47.5 Å². The number of hydrogen-bond donors (Lipinski definition) is 1. The minimum absolute atomic E-state index is 0.152. The lowest BCUT2D eigenvalue weighted by Crippen LogP contribution is -2.45. The lowest BCUT2D eigenvalue weighted by Gasteiger charge is -2.21. The monoisotopic (exact) mass is 565 g/mol. The molecule has 0 bridgehead atoms. The van der Waals surface area contributed by atoms with E-state index in [0.717, 1.165) is 12.1 Å². The SMILES string of the molecule is O=C(NCc1cc(-c2ccc(C(F)(F)F)cc2)ccn1)C1CC(F)(F)CN1S(=O)(=O)c1ccc(Cl)s1. The molecule has 1 aliphatic rings. The van der Waals surface area contributed by atoms with Crippen molar-refractivity contribution in [1.82, 2.24) is 14.6 Å². The van der Waals surface area contributed by atoms with Crippen molar-refractivity contribution in [3.8, 4) is 11.1 Å². The molecule has 1 amide bonds. The number of pyridine rings is 1. The first-order valence-electron chi connectivity index (χ1n) is 10.3. The van der Waals surface area contributed by atoms with Crippen LogP contribution in [-0.4, -0.2) is 42.1 Å². The van der Waals surface area contributed by atoms with Gasteiger partial charge in [-0.25, -0.2) is 17.2 Å². The molecule has 0 spiro atoms. The molecule has 192 valence electrons. The van der Waals surface area contributed by atoms with Crippen molar-refractivity contribution in [2.45, 2.75) is 35.3 Å². The zero-order valence-corrected chi connectivity index (χ0v) is 20.5. The van der Waals surface area contributed by atoms with Crippen LogP contribution in [0.1, 0.15) is 17.7 Å². The summed E-state index contributed by atoms with van der Waals surface area (Å²) in [7, 11) is -4.39. The fourth-order valence-corrected chi connectivity index (χ4v) is 6.94. The number of nitrogens with zero attached hydrogens (tertiary/aromatic N) is 2. The number of thiophene rings is 1. The largest absolute Gasteiger partial charge is 0.416 e. The molecule has 1 unspecified atom stereocenters. The van der Waals surface area contributed by atoms with Gasteiger partial charge in [0.1, 0.15) is 10.3 Å². The fraction of sp³-hybridized carbons (Fsp3) is 0.273. The van der Waals surface area contributed by atoms with Crippen LogP contribution in [0.3, 0.4) is 0 Å². The first-order valence-corrected chi connectivity index (χ1v) is 12.9. The highest BCUT2D eigenvalue weighted by Gasteiger charge is 2.53. The molecule has 36 heavy (non-hydrogen) atoms. The average molecular weight is 566 g/mol. The van der Waals surface area contributed by atoms with Gasteiger partial charge in [-0.15, -0.1) is 11.3 Å². The van der Waals surface area contributed by atoms with Crippen molar-refractivity contribution < 1.29 is 35.2 Å². The highest BCUT2D eigenvalue weighted by Crippen LogP contribution is 2.38. The van der Waals surface area contributed by atoms with E-state index in [1.165, 1.54) is 36.5 Å². The van der Waals surface area contributed by atoms with Crippen molar-refractivity contribution in [3.05, 3.63) is 70.3 Å². The molecule has 0 radical (unpaired) electrons. The number of carbonyl (C=O) groups is 1. The Bertz CT molecular complexity index is 1380. The maximum Gasteiger partial charge on any atom is 0.416 e. The van der Waals surface area contributed by atoms with Crippen molar-refractivity contribution >= 4 is 38.9 Å². The predicted molar refractivity (Wildman–Crippen MR) is 123 cm³/mol. The molecule has 3 aromatic rings. The lowest BCUT2D eigenvalue weighted by atomic mass is 10.0. The van der Waals surface area contributed by atoms with Crippen LogP contribution in [0.25, 0.3) is 11.1 Å². The second-order valence-corrected chi connectivity index (χ2v) is 11.8. The normalized spacial score (nSPS) is 18.3. The quantitative estimate of drug-likeness (QED) is 0.417. The molecule has 14 heteroatoms. The molecule has 1 atom stereocenters. The Morgan fingerprint density at radius 2 is 1.83 bits per heavy atom. The van der Waals surface area contributed by atoms with E-state index in [0.29, 0.717) is 32.5 Å². The molecule has 1 aliphatic heterocycles. The second kappa shape index (κ2) is 9.69.